The number of aliphatic hydroxyl groups is 1. The van der Waals surface area contributed by atoms with Crippen molar-refractivity contribution in [2.75, 3.05) is 18.9 Å². The minimum atomic E-state index is -5.26. The van der Waals surface area contributed by atoms with E-state index in [1.54, 1.807) is 54.6 Å². The molecule has 224 valence electrons. The molecule has 0 bridgehead atoms. The fraction of sp³-hybridized carbons (Fsp3) is 0.286. The molecule has 1 aliphatic rings. The van der Waals surface area contributed by atoms with Crippen LogP contribution in [0, 0.1) is 0 Å². The molecule has 3 aromatic carbocycles. The van der Waals surface area contributed by atoms with E-state index in [0.29, 0.717) is 13.0 Å². The predicted molar refractivity (Wildman–Crippen MR) is 148 cm³/mol. The van der Waals surface area contributed by atoms with Gasteiger partial charge in [0.05, 0.1) is 11.1 Å². The van der Waals surface area contributed by atoms with Gasteiger partial charge in [-0.1, -0.05) is 42.5 Å². The summed E-state index contributed by atoms with van der Waals surface area (Å²) in [5.74, 6) is -1.49. The molecule has 0 unspecified atom stereocenters. The number of carbonyl (C=O) groups excluding carboxylic acids is 2. The molecule has 0 radical (unpaired) electrons. The highest BCUT2D eigenvalue weighted by atomic mass is 31.2. The number of anilines is 1. The SMILES string of the molecule is NCCc1ccc(O[C@@H]2O[C@H](COC(=O)c3ccccc3N)[C@@H](O)[C@H](OP(=O)(O)O)[C@H]2OC(=O)c2ccccc2)cc1. The summed E-state index contributed by atoms with van der Waals surface area (Å²) >= 11 is 0. The maximum absolute atomic E-state index is 13.0. The average Bonchev–Trinajstić information content (AvgIpc) is 2.96. The Labute approximate surface area is 241 Å². The van der Waals surface area contributed by atoms with Gasteiger partial charge < -0.3 is 45.3 Å². The molecule has 5 atom stereocenters. The van der Waals surface area contributed by atoms with Crippen molar-refractivity contribution in [2.24, 2.45) is 5.73 Å². The Morgan fingerprint density at radius 2 is 1.57 bits per heavy atom. The van der Waals surface area contributed by atoms with Crippen LogP contribution in [0.5, 0.6) is 5.75 Å². The third-order valence-corrected chi connectivity index (χ3v) is 6.82. The lowest BCUT2D eigenvalue weighted by atomic mass is 9.99. The maximum Gasteiger partial charge on any atom is 0.470 e. The average molecular weight is 603 g/mol. The summed E-state index contributed by atoms with van der Waals surface area (Å²) in [6, 6.07) is 20.6. The molecule has 0 saturated carbocycles. The fourth-order valence-electron chi connectivity index (χ4n) is 4.25. The standard InChI is InChI=1S/C28H31N2O11P/c29-15-14-17-10-12-19(13-11-17)38-28-25(40-26(32)18-6-2-1-3-7-18)24(41-42(34,35)36)23(31)22(39-28)16-37-27(33)20-8-4-5-9-21(20)30/h1-13,22-25,28,31H,14-16,29-30H2,(H2,34,35,36)/t22-,23-,24+,25-,28-/m1/s1. The van der Waals surface area contributed by atoms with Gasteiger partial charge in [-0.2, -0.15) is 0 Å². The van der Waals surface area contributed by atoms with Crippen LogP contribution in [0.25, 0.3) is 0 Å². The number of rotatable bonds is 11. The number of benzene rings is 3. The molecule has 3 aromatic rings. The number of nitrogen functional groups attached to an aromatic ring is 1. The second-order valence-electron chi connectivity index (χ2n) is 9.32. The predicted octanol–water partition coefficient (Wildman–Crippen LogP) is 1.80. The molecule has 4 rings (SSSR count). The van der Waals surface area contributed by atoms with Crippen LogP contribution in [0.15, 0.2) is 78.9 Å². The van der Waals surface area contributed by atoms with Gasteiger partial charge in [-0.05, 0) is 54.9 Å². The van der Waals surface area contributed by atoms with E-state index in [-0.39, 0.29) is 22.6 Å². The quantitative estimate of drug-likeness (QED) is 0.121. The zero-order valence-corrected chi connectivity index (χ0v) is 23.1. The number of para-hydroxylation sites is 1. The third kappa shape index (κ3) is 8.14. The summed E-state index contributed by atoms with van der Waals surface area (Å²) in [6.45, 7) is -0.165. The monoisotopic (exact) mass is 602 g/mol. The summed E-state index contributed by atoms with van der Waals surface area (Å²) in [5, 5.41) is 11.1. The number of hydrogen-bond donors (Lipinski definition) is 5. The van der Waals surface area contributed by atoms with Gasteiger partial charge in [-0.15, -0.1) is 0 Å². The molecular formula is C28H31N2O11P. The second kappa shape index (κ2) is 13.9. The van der Waals surface area contributed by atoms with Crippen LogP contribution in [-0.4, -0.2) is 70.7 Å². The Bertz CT molecular complexity index is 1400. The van der Waals surface area contributed by atoms with Gasteiger partial charge in [0, 0.05) is 5.69 Å². The van der Waals surface area contributed by atoms with Crippen molar-refractivity contribution in [2.45, 2.75) is 37.1 Å². The van der Waals surface area contributed by atoms with Crippen LogP contribution >= 0.6 is 7.82 Å². The molecular weight excluding hydrogens is 571 g/mol. The van der Waals surface area contributed by atoms with Crippen molar-refractivity contribution in [3.05, 3.63) is 95.6 Å². The van der Waals surface area contributed by atoms with Crippen LogP contribution in [0.2, 0.25) is 0 Å². The molecule has 13 nitrogen and oxygen atoms in total. The molecule has 0 spiro atoms. The third-order valence-electron chi connectivity index (χ3n) is 6.30. The highest BCUT2D eigenvalue weighted by molar-refractivity contribution is 7.46. The molecule has 7 N–H and O–H groups in total. The van der Waals surface area contributed by atoms with Crippen LogP contribution in [0.1, 0.15) is 26.3 Å². The molecule has 14 heteroatoms. The summed E-state index contributed by atoms with van der Waals surface area (Å²) in [6.07, 6.45) is -7.77. The summed E-state index contributed by atoms with van der Waals surface area (Å²) in [4.78, 5) is 44.9. The number of phosphoric acid groups is 1. The number of phosphoric ester groups is 1. The first kappa shape index (κ1) is 31.1. The molecule has 42 heavy (non-hydrogen) atoms. The van der Waals surface area contributed by atoms with Crippen LogP contribution < -0.4 is 16.2 Å². The number of nitrogens with two attached hydrogens (primary N) is 2. The molecule has 1 aliphatic heterocycles. The Morgan fingerprint density at radius 1 is 0.905 bits per heavy atom. The highest BCUT2D eigenvalue weighted by Gasteiger charge is 2.52. The van der Waals surface area contributed by atoms with Gasteiger partial charge in [-0.25, -0.2) is 14.2 Å². The molecule has 1 heterocycles. The van der Waals surface area contributed by atoms with E-state index in [9.17, 15) is 29.0 Å². The van der Waals surface area contributed by atoms with Crippen molar-refractivity contribution in [3.8, 4) is 5.75 Å². The zero-order valence-electron chi connectivity index (χ0n) is 22.2. The lowest BCUT2D eigenvalue weighted by molar-refractivity contribution is -0.273. The van der Waals surface area contributed by atoms with Crippen molar-refractivity contribution in [1.29, 1.82) is 0 Å². The van der Waals surface area contributed by atoms with Gasteiger partial charge >= 0.3 is 19.8 Å². The van der Waals surface area contributed by atoms with E-state index in [1.807, 2.05) is 0 Å². The van der Waals surface area contributed by atoms with E-state index in [0.717, 1.165) is 5.56 Å². The van der Waals surface area contributed by atoms with Crippen LogP contribution in [-0.2, 0) is 29.7 Å². The first-order valence-electron chi connectivity index (χ1n) is 12.9. The molecule has 0 amide bonds. The largest absolute Gasteiger partial charge is 0.470 e. The molecule has 1 fully saturated rings. The Morgan fingerprint density at radius 3 is 2.21 bits per heavy atom. The van der Waals surface area contributed by atoms with E-state index in [2.05, 4.69) is 0 Å². The summed E-state index contributed by atoms with van der Waals surface area (Å²) in [7, 11) is -5.26. The summed E-state index contributed by atoms with van der Waals surface area (Å²) in [5.41, 5.74) is 12.7. The lowest BCUT2D eigenvalue weighted by Gasteiger charge is -2.43. The molecule has 0 aliphatic carbocycles. The van der Waals surface area contributed by atoms with Gasteiger partial charge in [-0.3, -0.25) is 4.52 Å². The smallest absolute Gasteiger partial charge is 0.461 e. The number of esters is 2. The summed E-state index contributed by atoms with van der Waals surface area (Å²) < 4.78 is 39.5. The molecule has 0 aromatic heterocycles. The van der Waals surface area contributed by atoms with E-state index in [1.165, 1.54) is 24.3 Å². The maximum atomic E-state index is 13.0. The van der Waals surface area contributed by atoms with Crippen molar-refractivity contribution in [1.82, 2.24) is 0 Å². The topological polar surface area (TPSA) is 210 Å². The Kier molecular flexibility index (Phi) is 10.3. The Balaban J connectivity index is 1.63. The first-order chi connectivity index (χ1) is 20.1. The van der Waals surface area contributed by atoms with Gasteiger partial charge in [0.15, 0.2) is 6.10 Å². The molecule has 1 saturated heterocycles. The second-order valence-corrected chi connectivity index (χ2v) is 10.5. The number of hydrogen-bond acceptors (Lipinski definition) is 11. The normalized spacial score (nSPS) is 22.2. The zero-order chi connectivity index (χ0) is 30.3. The van der Waals surface area contributed by atoms with Gasteiger partial charge in [0.2, 0.25) is 6.29 Å². The van der Waals surface area contributed by atoms with Crippen molar-refractivity contribution < 1.29 is 52.5 Å². The van der Waals surface area contributed by atoms with Crippen LogP contribution in [0.3, 0.4) is 0 Å². The first-order valence-corrected chi connectivity index (χ1v) is 14.4. The van der Waals surface area contributed by atoms with Gasteiger partial charge in [0.1, 0.15) is 30.7 Å². The number of carbonyl (C=O) groups is 2. The van der Waals surface area contributed by atoms with E-state index >= 15 is 0 Å². The van der Waals surface area contributed by atoms with Crippen molar-refractivity contribution >= 4 is 25.4 Å². The minimum absolute atomic E-state index is 0.0610. The van der Waals surface area contributed by atoms with E-state index < -0.39 is 57.1 Å². The Hall–Kier alpha value is -3.81. The number of ether oxygens (including phenoxy) is 4. The fourth-order valence-corrected chi connectivity index (χ4v) is 4.81. The van der Waals surface area contributed by atoms with Crippen LogP contribution in [0.4, 0.5) is 5.69 Å². The van der Waals surface area contributed by atoms with Gasteiger partial charge in [0.25, 0.3) is 0 Å². The highest BCUT2D eigenvalue weighted by Crippen LogP contribution is 2.42. The van der Waals surface area contributed by atoms with Crippen molar-refractivity contribution in [3.63, 3.8) is 0 Å². The van der Waals surface area contributed by atoms with E-state index in [4.69, 9.17) is 34.9 Å². The minimum Gasteiger partial charge on any atom is -0.461 e. The lowest BCUT2D eigenvalue weighted by Crippen LogP contribution is -2.62. The number of aliphatic hydroxyl groups excluding tert-OH is 1.